The number of aryl methyl sites for hydroxylation is 1. The zero-order valence-corrected chi connectivity index (χ0v) is 13.7. The van der Waals surface area contributed by atoms with Crippen molar-refractivity contribution in [1.29, 1.82) is 0 Å². The second-order valence-corrected chi connectivity index (χ2v) is 7.11. The van der Waals surface area contributed by atoms with E-state index in [1.807, 2.05) is 13.1 Å². The summed E-state index contributed by atoms with van der Waals surface area (Å²) in [7, 11) is 1.88. The number of aromatic nitrogens is 5. The van der Waals surface area contributed by atoms with Crippen LogP contribution in [0.3, 0.4) is 0 Å². The fourth-order valence-electron chi connectivity index (χ4n) is 1.61. The Hall–Kier alpha value is -1.43. The van der Waals surface area contributed by atoms with Crippen LogP contribution in [0, 0.1) is 0 Å². The van der Waals surface area contributed by atoms with E-state index in [4.69, 9.17) is 0 Å². The minimum absolute atomic E-state index is 0.00176. The molecule has 0 saturated heterocycles. The highest BCUT2D eigenvalue weighted by Gasteiger charge is 2.19. The van der Waals surface area contributed by atoms with Crippen molar-refractivity contribution in [1.82, 2.24) is 24.7 Å². The molecule has 6 heteroatoms. The van der Waals surface area contributed by atoms with E-state index in [1.54, 1.807) is 11.0 Å². The first kappa shape index (κ1) is 15.0. The van der Waals surface area contributed by atoms with Gasteiger partial charge >= 0.3 is 0 Å². The van der Waals surface area contributed by atoms with Crippen LogP contribution in [0.2, 0.25) is 0 Å². The van der Waals surface area contributed by atoms with Crippen molar-refractivity contribution in [2.75, 3.05) is 0 Å². The van der Waals surface area contributed by atoms with Crippen molar-refractivity contribution in [3.05, 3.63) is 23.9 Å². The van der Waals surface area contributed by atoms with Crippen molar-refractivity contribution in [3.63, 3.8) is 0 Å². The molecule has 0 aromatic carbocycles. The quantitative estimate of drug-likeness (QED) is 0.813. The van der Waals surface area contributed by atoms with Crippen molar-refractivity contribution in [2.45, 2.75) is 56.1 Å². The second kappa shape index (κ2) is 5.52. The highest BCUT2D eigenvalue weighted by molar-refractivity contribution is 7.99. The number of hydrogen-bond acceptors (Lipinski definition) is 5. The normalized spacial score (nSPS) is 12.2. The number of rotatable bonds is 3. The van der Waals surface area contributed by atoms with Crippen LogP contribution < -0.4 is 0 Å². The van der Waals surface area contributed by atoms with Crippen LogP contribution in [0.25, 0.3) is 0 Å². The topological polar surface area (TPSA) is 56.5 Å². The zero-order chi connectivity index (χ0) is 14.9. The fourth-order valence-corrected chi connectivity index (χ4v) is 2.38. The van der Waals surface area contributed by atoms with E-state index in [9.17, 15) is 0 Å². The van der Waals surface area contributed by atoms with Crippen LogP contribution in [0.4, 0.5) is 0 Å². The van der Waals surface area contributed by atoms with Crippen LogP contribution in [-0.4, -0.2) is 24.7 Å². The summed E-state index contributed by atoms with van der Waals surface area (Å²) >= 11 is 1.52. The standard InChI is InChI=1S/C14H21N5S/c1-9(2)12-17-10(14(3,4)5)7-11(18-12)20-13-15-8-16-19(13)6/h7-9H,1-6H3. The Morgan fingerprint density at radius 3 is 2.40 bits per heavy atom. The summed E-state index contributed by atoms with van der Waals surface area (Å²) in [5, 5.41) is 5.84. The Morgan fingerprint density at radius 1 is 1.20 bits per heavy atom. The van der Waals surface area contributed by atoms with E-state index in [2.05, 4.69) is 54.7 Å². The van der Waals surface area contributed by atoms with Crippen LogP contribution in [0.15, 0.2) is 22.6 Å². The molecular formula is C14H21N5S. The lowest BCUT2D eigenvalue weighted by molar-refractivity contribution is 0.553. The Labute approximate surface area is 124 Å². The second-order valence-electron chi connectivity index (χ2n) is 6.12. The van der Waals surface area contributed by atoms with Gasteiger partial charge in [0.25, 0.3) is 0 Å². The summed E-state index contributed by atoms with van der Waals surface area (Å²) in [6.07, 6.45) is 1.55. The van der Waals surface area contributed by atoms with Crippen molar-refractivity contribution in [2.24, 2.45) is 7.05 Å². The molecular weight excluding hydrogens is 270 g/mol. The van der Waals surface area contributed by atoms with E-state index in [0.29, 0.717) is 5.92 Å². The van der Waals surface area contributed by atoms with Gasteiger partial charge in [-0.05, 0) is 17.8 Å². The maximum absolute atomic E-state index is 4.69. The SMILES string of the molecule is CC(C)c1nc(Sc2ncnn2C)cc(C(C)(C)C)n1. The predicted octanol–water partition coefficient (Wildman–Crippen LogP) is 3.18. The third kappa shape index (κ3) is 3.36. The van der Waals surface area contributed by atoms with E-state index in [0.717, 1.165) is 21.7 Å². The molecule has 2 heterocycles. The molecule has 2 aromatic rings. The van der Waals surface area contributed by atoms with Gasteiger partial charge in [0, 0.05) is 18.4 Å². The Kier molecular flexibility index (Phi) is 4.13. The largest absolute Gasteiger partial charge is 0.244 e. The Balaban J connectivity index is 2.42. The molecule has 0 aliphatic heterocycles. The van der Waals surface area contributed by atoms with E-state index < -0.39 is 0 Å². The number of nitrogens with zero attached hydrogens (tertiary/aromatic N) is 5. The van der Waals surface area contributed by atoms with Gasteiger partial charge in [0.1, 0.15) is 17.2 Å². The van der Waals surface area contributed by atoms with Gasteiger partial charge in [0.2, 0.25) is 0 Å². The molecule has 0 unspecified atom stereocenters. The molecule has 0 amide bonds. The van der Waals surface area contributed by atoms with Gasteiger partial charge < -0.3 is 0 Å². The maximum atomic E-state index is 4.69. The van der Waals surface area contributed by atoms with Gasteiger partial charge in [-0.3, -0.25) is 0 Å². The molecule has 0 atom stereocenters. The first-order valence-electron chi connectivity index (χ1n) is 6.68. The minimum Gasteiger partial charge on any atom is -0.244 e. The van der Waals surface area contributed by atoms with Crippen molar-refractivity contribution in [3.8, 4) is 0 Å². The van der Waals surface area contributed by atoms with Gasteiger partial charge in [-0.25, -0.2) is 19.6 Å². The van der Waals surface area contributed by atoms with Gasteiger partial charge in [0.05, 0.1) is 5.69 Å². The molecule has 0 spiro atoms. The molecule has 0 fully saturated rings. The predicted molar refractivity (Wildman–Crippen MR) is 79.9 cm³/mol. The molecule has 0 saturated carbocycles. The number of hydrogen-bond donors (Lipinski definition) is 0. The summed E-state index contributed by atoms with van der Waals surface area (Å²) in [6.45, 7) is 10.7. The average Bonchev–Trinajstić information content (AvgIpc) is 2.73. The molecule has 108 valence electrons. The Bertz CT molecular complexity index is 598. The van der Waals surface area contributed by atoms with Crippen molar-refractivity contribution < 1.29 is 0 Å². The summed E-state index contributed by atoms with van der Waals surface area (Å²) in [5.74, 6) is 1.18. The van der Waals surface area contributed by atoms with Crippen LogP contribution in [-0.2, 0) is 12.5 Å². The third-order valence-electron chi connectivity index (χ3n) is 2.87. The van der Waals surface area contributed by atoms with Crippen LogP contribution in [0.1, 0.15) is 52.1 Å². The lowest BCUT2D eigenvalue weighted by Crippen LogP contribution is -2.16. The highest BCUT2D eigenvalue weighted by atomic mass is 32.2. The molecule has 2 aromatic heterocycles. The van der Waals surface area contributed by atoms with E-state index >= 15 is 0 Å². The van der Waals surface area contributed by atoms with Crippen LogP contribution >= 0.6 is 11.8 Å². The molecule has 2 rings (SSSR count). The lowest BCUT2D eigenvalue weighted by atomic mass is 9.92. The first-order chi connectivity index (χ1) is 9.27. The molecule has 0 bridgehead atoms. The van der Waals surface area contributed by atoms with Gasteiger partial charge in [-0.1, -0.05) is 34.6 Å². The molecule has 0 radical (unpaired) electrons. The summed E-state index contributed by atoms with van der Waals surface area (Å²) in [6, 6.07) is 2.05. The third-order valence-corrected chi connectivity index (χ3v) is 3.84. The zero-order valence-electron chi connectivity index (χ0n) is 12.9. The smallest absolute Gasteiger partial charge is 0.192 e. The lowest BCUT2D eigenvalue weighted by Gasteiger charge is -2.20. The Morgan fingerprint density at radius 2 is 1.90 bits per heavy atom. The summed E-state index contributed by atoms with van der Waals surface area (Å²) in [5.41, 5.74) is 1.06. The van der Waals surface area contributed by atoms with Gasteiger partial charge in [0.15, 0.2) is 5.16 Å². The van der Waals surface area contributed by atoms with E-state index in [-0.39, 0.29) is 5.41 Å². The molecule has 0 aliphatic carbocycles. The van der Waals surface area contributed by atoms with Crippen LogP contribution in [0.5, 0.6) is 0 Å². The maximum Gasteiger partial charge on any atom is 0.192 e. The molecule has 5 nitrogen and oxygen atoms in total. The first-order valence-corrected chi connectivity index (χ1v) is 7.50. The van der Waals surface area contributed by atoms with E-state index in [1.165, 1.54) is 11.8 Å². The fraction of sp³-hybridized carbons (Fsp3) is 0.571. The molecule has 0 N–H and O–H groups in total. The van der Waals surface area contributed by atoms with Crippen molar-refractivity contribution >= 4 is 11.8 Å². The van der Waals surface area contributed by atoms with Gasteiger partial charge in [-0.15, -0.1) is 0 Å². The average molecular weight is 291 g/mol. The highest BCUT2D eigenvalue weighted by Crippen LogP contribution is 2.29. The van der Waals surface area contributed by atoms with Gasteiger partial charge in [-0.2, -0.15) is 5.10 Å². The monoisotopic (exact) mass is 291 g/mol. The molecule has 20 heavy (non-hydrogen) atoms. The summed E-state index contributed by atoms with van der Waals surface area (Å²) < 4.78 is 1.75. The minimum atomic E-state index is 0.00176. The summed E-state index contributed by atoms with van der Waals surface area (Å²) in [4.78, 5) is 13.6. The molecule has 0 aliphatic rings.